The van der Waals surface area contributed by atoms with E-state index in [-0.39, 0.29) is 11.4 Å². The van der Waals surface area contributed by atoms with Gasteiger partial charge in [0.05, 0.1) is 5.69 Å². The molecule has 2 aliphatic rings. The minimum Gasteiger partial charge on any atom is -0.444 e. The van der Waals surface area contributed by atoms with Crippen LogP contribution in [0.25, 0.3) is 0 Å². The molecule has 31 heavy (non-hydrogen) atoms. The Balaban J connectivity index is 1.43. The number of rotatable bonds is 3. The van der Waals surface area contributed by atoms with Crippen molar-refractivity contribution in [1.82, 2.24) is 19.8 Å². The summed E-state index contributed by atoms with van der Waals surface area (Å²) < 4.78 is 5.50. The van der Waals surface area contributed by atoms with Gasteiger partial charge in [-0.15, -0.1) is 0 Å². The van der Waals surface area contributed by atoms with Crippen molar-refractivity contribution < 1.29 is 9.53 Å². The number of hydrogen-bond acceptors (Lipinski definition) is 6. The Labute approximate surface area is 189 Å². The highest BCUT2D eigenvalue weighted by Gasteiger charge is 2.29. The van der Waals surface area contributed by atoms with Gasteiger partial charge in [-0.2, -0.15) is 0 Å². The number of carbonyl (C=O) groups is 1. The van der Waals surface area contributed by atoms with E-state index < -0.39 is 5.60 Å². The van der Waals surface area contributed by atoms with E-state index in [1.807, 2.05) is 26.8 Å². The van der Waals surface area contributed by atoms with Crippen molar-refractivity contribution in [2.45, 2.75) is 45.9 Å². The van der Waals surface area contributed by atoms with Crippen LogP contribution in [0.1, 0.15) is 37.6 Å². The number of fused-ring (bicyclic) bond motifs is 1. The van der Waals surface area contributed by atoms with Crippen LogP contribution >= 0.6 is 11.6 Å². The van der Waals surface area contributed by atoms with Gasteiger partial charge < -0.3 is 14.5 Å². The van der Waals surface area contributed by atoms with Gasteiger partial charge in [0.2, 0.25) is 5.28 Å². The third kappa shape index (κ3) is 5.46. The molecule has 2 aromatic rings. The zero-order valence-corrected chi connectivity index (χ0v) is 19.2. The molecule has 0 spiro atoms. The zero-order valence-electron chi connectivity index (χ0n) is 18.5. The van der Waals surface area contributed by atoms with E-state index in [1.54, 1.807) is 4.90 Å². The molecule has 0 atom stereocenters. The van der Waals surface area contributed by atoms with Gasteiger partial charge in [-0.25, -0.2) is 14.8 Å². The van der Waals surface area contributed by atoms with Gasteiger partial charge in [0.15, 0.2) is 0 Å². The summed E-state index contributed by atoms with van der Waals surface area (Å²) in [6.07, 6.45) is 0.632. The van der Waals surface area contributed by atoms with Crippen LogP contribution in [0.4, 0.5) is 10.6 Å². The molecular weight excluding hydrogens is 414 g/mol. The van der Waals surface area contributed by atoms with Crippen molar-refractivity contribution in [3.05, 3.63) is 52.4 Å². The Hall–Kier alpha value is -2.38. The number of aromatic nitrogens is 2. The molecule has 0 unspecified atom stereocenters. The van der Waals surface area contributed by atoms with E-state index >= 15 is 0 Å². The van der Waals surface area contributed by atoms with Crippen molar-refractivity contribution in [3.8, 4) is 0 Å². The number of piperazine rings is 1. The minimum atomic E-state index is -0.487. The van der Waals surface area contributed by atoms with Gasteiger partial charge in [0.25, 0.3) is 0 Å². The third-order valence-corrected chi connectivity index (χ3v) is 5.74. The summed E-state index contributed by atoms with van der Waals surface area (Å²) in [5.74, 6) is 0.915. The normalized spacial score (nSPS) is 17.4. The lowest BCUT2D eigenvalue weighted by atomic mass is 10.0. The number of carbonyl (C=O) groups excluding carboxylic acids is 1. The average molecular weight is 444 g/mol. The maximum Gasteiger partial charge on any atom is 0.410 e. The van der Waals surface area contributed by atoms with Crippen LogP contribution in [0.15, 0.2) is 30.3 Å². The van der Waals surface area contributed by atoms with Crippen LogP contribution in [0, 0.1) is 0 Å². The highest BCUT2D eigenvalue weighted by molar-refractivity contribution is 6.28. The number of amides is 1. The Kier molecular flexibility index (Phi) is 6.34. The molecule has 2 aliphatic heterocycles. The molecule has 0 N–H and O–H groups in total. The first kappa shape index (κ1) is 21.8. The fourth-order valence-electron chi connectivity index (χ4n) is 4.10. The van der Waals surface area contributed by atoms with Crippen molar-refractivity contribution in [3.63, 3.8) is 0 Å². The largest absolute Gasteiger partial charge is 0.444 e. The molecular formula is C23H30ClN5O2. The average Bonchev–Trinajstić information content (AvgIpc) is 2.72. The van der Waals surface area contributed by atoms with Gasteiger partial charge in [-0.1, -0.05) is 30.3 Å². The first-order valence-corrected chi connectivity index (χ1v) is 11.2. The molecule has 0 aliphatic carbocycles. The van der Waals surface area contributed by atoms with Crippen molar-refractivity contribution in [2.75, 3.05) is 37.6 Å². The van der Waals surface area contributed by atoms with Gasteiger partial charge >= 0.3 is 6.09 Å². The quantitative estimate of drug-likeness (QED) is 0.673. The van der Waals surface area contributed by atoms with Crippen molar-refractivity contribution in [1.29, 1.82) is 0 Å². The van der Waals surface area contributed by atoms with E-state index in [9.17, 15) is 4.79 Å². The predicted octanol–water partition coefficient (Wildman–Crippen LogP) is 3.75. The number of nitrogens with zero attached hydrogens (tertiary/aromatic N) is 5. The standard InChI is InChI=1S/C23H30ClN5O2/c1-23(2,3)31-22(30)29-13-11-28(12-14-29)20-18-9-10-27(15-17-7-5-4-6-8-17)16-19(18)25-21(24)26-20/h4-8H,9-16H2,1-3H3. The molecule has 1 aromatic carbocycles. The number of hydrogen-bond donors (Lipinski definition) is 0. The fraction of sp³-hybridized carbons (Fsp3) is 0.522. The molecule has 1 amide bonds. The Morgan fingerprint density at radius 1 is 1.06 bits per heavy atom. The second-order valence-electron chi connectivity index (χ2n) is 9.14. The van der Waals surface area contributed by atoms with E-state index in [1.165, 1.54) is 11.1 Å². The van der Waals surface area contributed by atoms with Crippen LogP contribution < -0.4 is 4.90 Å². The molecule has 0 bridgehead atoms. The highest BCUT2D eigenvalue weighted by atomic mass is 35.5. The molecule has 0 saturated carbocycles. The van der Waals surface area contributed by atoms with Crippen LogP contribution in [0.3, 0.4) is 0 Å². The highest BCUT2D eigenvalue weighted by Crippen LogP contribution is 2.29. The predicted molar refractivity (Wildman–Crippen MR) is 121 cm³/mol. The molecule has 1 aromatic heterocycles. The lowest BCUT2D eigenvalue weighted by molar-refractivity contribution is 0.0240. The zero-order chi connectivity index (χ0) is 22.0. The Morgan fingerprint density at radius 2 is 1.77 bits per heavy atom. The lowest BCUT2D eigenvalue weighted by Gasteiger charge is -2.38. The number of anilines is 1. The first-order chi connectivity index (χ1) is 14.8. The smallest absolute Gasteiger partial charge is 0.410 e. The number of ether oxygens (including phenoxy) is 1. The summed E-state index contributed by atoms with van der Waals surface area (Å²) in [5, 5.41) is 0.282. The van der Waals surface area contributed by atoms with Gasteiger partial charge in [-0.3, -0.25) is 4.90 Å². The maximum atomic E-state index is 12.4. The fourth-order valence-corrected chi connectivity index (χ4v) is 4.28. The summed E-state index contributed by atoms with van der Waals surface area (Å²) in [4.78, 5) is 27.9. The van der Waals surface area contributed by atoms with Gasteiger partial charge in [-0.05, 0) is 44.4 Å². The van der Waals surface area contributed by atoms with E-state index in [4.69, 9.17) is 16.3 Å². The topological polar surface area (TPSA) is 61.8 Å². The van der Waals surface area contributed by atoms with Gasteiger partial charge in [0.1, 0.15) is 11.4 Å². The molecule has 166 valence electrons. The monoisotopic (exact) mass is 443 g/mol. The van der Waals surface area contributed by atoms with Crippen LogP contribution in [-0.2, 0) is 24.2 Å². The van der Waals surface area contributed by atoms with Crippen LogP contribution in [0.2, 0.25) is 5.28 Å². The van der Waals surface area contributed by atoms with E-state index in [0.29, 0.717) is 26.2 Å². The molecule has 4 rings (SSSR count). The summed E-state index contributed by atoms with van der Waals surface area (Å²) in [6.45, 7) is 10.9. The number of benzene rings is 1. The maximum absolute atomic E-state index is 12.4. The van der Waals surface area contributed by atoms with Crippen molar-refractivity contribution in [2.24, 2.45) is 0 Å². The molecule has 0 radical (unpaired) electrons. The van der Waals surface area contributed by atoms with E-state index in [0.717, 1.165) is 37.6 Å². The molecule has 3 heterocycles. The molecule has 1 saturated heterocycles. The summed E-state index contributed by atoms with van der Waals surface area (Å²) >= 11 is 6.31. The first-order valence-electron chi connectivity index (χ1n) is 10.8. The van der Waals surface area contributed by atoms with Crippen LogP contribution in [0.5, 0.6) is 0 Å². The number of halogens is 1. The second kappa shape index (κ2) is 9.01. The summed E-state index contributed by atoms with van der Waals surface area (Å²) in [6, 6.07) is 10.5. The summed E-state index contributed by atoms with van der Waals surface area (Å²) in [5.41, 5.74) is 3.00. The van der Waals surface area contributed by atoms with E-state index in [2.05, 4.69) is 44.0 Å². The molecule has 7 nitrogen and oxygen atoms in total. The molecule has 1 fully saturated rings. The summed E-state index contributed by atoms with van der Waals surface area (Å²) in [7, 11) is 0. The minimum absolute atomic E-state index is 0.258. The SMILES string of the molecule is CC(C)(C)OC(=O)N1CCN(c2nc(Cl)nc3c2CCN(Cc2ccccc2)C3)CC1. The van der Waals surface area contributed by atoms with Crippen LogP contribution in [-0.4, -0.2) is 64.2 Å². The van der Waals surface area contributed by atoms with Crippen molar-refractivity contribution >= 4 is 23.5 Å². The second-order valence-corrected chi connectivity index (χ2v) is 9.48. The Morgan fingerprint density at radius 3 is 2.45 bits per heavy atom. The lowest BCUT2D eigenvalue weighted by Crippen LogP contribution is -2.50. The Bertz CT molecular complexity index is 924. The third-order valence-electron chi connectivity index (χ3n) is 5.57. The molecule has 8 heteroatoms. The van der Waals surface area contributed by atoms with Gasteiger partial charge in [0, 0.05) is 51.4 Å².